The highest BCUT2D eigenvalue weighted by molar-refractivity contribution is 5.85. The molecule has 2 aromatic heterocycles. The van der Waals surface area contributed by atoms with Gasteiger partial charge in [0.15, 0.2) is 11.2 Å². The van der Waals surface area contributed by atoms with E-state index in [1.54, 1.807) is 12.1 Å². The summed E-state index contributed by atoms with van der Waals surface area (Å²) >= 11 is 0. The van der Waals surface area contributed by atoms with Crippen molar-refractivity contribution >= 4 is 16.8 Å². The fraction of sp³-hybridized carbons (Fsp3) is 0.409. The largest absolute Gasteiger partial charge is 0.507 e. The summed E-state index contributed by atoms with van der Waals surface area (Å²) in [4.78, 5) is 15.9. The summed E-state index contributed by atoms with van der Waals surface area (Å²) in [7, 11) is 3.81. The normalized spacial score (nSPS) is 25.8. The number of benzene rings is 1. The van der Waals surface area contributed by atoms with Gasteiger partial charge in [-0.1, -0.05) is 0 Å². The number of phenolic OH excluding ortho intramolecular Hbond substituents is 1. The molecule has 0 amide bonds. The molecule has 4 heterocycles. The molecule has 31 heavy (non-hydrogen) atoms. The molecule has 2 fully saturated rings. The van der Waals surface area contributed by atoms with Gasteiger partial charge in [-0.05, 0) is 50.6 Å². The Morgan fingerprint density at radius 1 is 1.23 bits per heavy atom. The highest BCUT2D eigenvalue weighted by Gasteiger charge is 2.47. The fourth-order valence-electron chi connectivity index (χ4n) is 4.94. The van der Waals surface area contributed by atoms with E-state index in [1.165, 1.54) is 12.1 Å². The third kappa shape index (κ3) is 3.23. The van der Waals surface area contributed by atoms with E-state index in [2.05, 4.69) is 15.1 Å². The van der Waals surface area contributed by atoms with Crippen LogP contribution in [0.15, 0.2) is 39.5 Å². The predicted molar refractivity (Wildman–Crippen MR) is 111 cm³/mol. The molecule has 0 aliphatic carbocycles. The summed E-state index contributed by atoms with van der Waals surface area (Å²) in [6.45, 7) is 0. The molecule has 2 saturated heterocycles. The Morgan fingerprint density at radius 3 is 2.77 bits per heavy atom. The second kappa shape index (κ2) is 7.26. The lowest BCUT2D eigenvalue weighted by molar-refractivity contribution is 0.0701. The Morgan fingerprint density at radius 2 is 2.03 bits per heavy atom. The van der Waals surface area contributed by atoms with Crippen molar-refractivity contribution < 1.29 is 18.3 Å². The van der Waals surface area contributed by atoms with Crippen LogP contribution in [0.2, 0.25) is 0 Å². The van der Waals surface area contributed by atoms with Gasteiger partial charge in [0.05, 0.1) is 23.2 Å². The Bertz CT molecular complexity index is 1200. The number of aromatic nitrogens is 2. The first-order valence-corrected chi connectivity index (χ1v) is 10.2. The second-order valence-electron chi connectivity index (χ2n) is 8.38. The summed E-state index contributed by atoms with van der Waals surface area (Å²) in [5.41, 5.74) is -0.00763. The number of phenols is 1. The molecule has 1 aromatic carbocycles. The van der Waals surface area contributed by atoms with Gasteiger partial charge in [-0.3, -0.25) is 9.69 Å². The Kier molecular flexibility index (Phi) is 4.65. The summed E-state index contributed by atoms with van der Waals surface area (Å²) in [6.07, 6.45) is 1.63. The van der Waals surface area contributed by atoms with Crippen molar-refractivity contribution in [1.82, 2.24) is 15.1 Å². The maximum absolute atomic E-state index is 15.1. The van der Waals surface area contributed by atoms with Crippen LogP contribution >= 0.6 is 0 Å². The minimum absolute atomic E-state index is 0.00265. The Labute approximate surface area is 176 Å². The second-order valence-corrected chi connectivity index (χ2v) is 8.38. The summed E-state index contributed by atoms with van der Waals surface area (Å²) in [5, 5.41) is 18.8. The maximum Gasteiger partial charge on any atom is 0.282 e. The third-order valence-corrected chi connectivity index (χ3v) is 6.74. The zero-order valence-electron chi connectivity index (χ0n) is 17.1. The first kappa shape index (κ1) is 19.9. The molecule has 5 rings (SSSR count). The van der Waals surface area contributed by atoms with Crippen LogP contribution in [-0.2, 0) is 0 Å². The summed E-state index contributed by atoms with van der Waals surface area (Å²) < 4.78 is 33.5. The van der Waals surface area contributed by atoms with Gasteiger partial charge in [-0.15, -0.1) is 10.2 Å². The van der Waals surface area contributed by atoms with Crippen molar-refractivity contribution in [2.45, 2.75) is 43.6 Å². The van der Waals surface area contributed by atoms with Gasteiger partial charge in [0.1, 0.15) is 17.5 Å². The summed E-state index contributed by atoms with van der Waals surface area (Å²) in [5.74, 6) is 0.329. The molecule has 2 aliphatic rings. The van der Waals surface area contributed by atoms with Crippen LogP contribution in [0.5, 0.6) is 5.75 Å². The summed E-state index contributed by atoms with van der Waals surface area (Å²) in [6, 6.07) is 5.68. The van der Waals surface area contributed by atoms with Gasteiger partial charge in [0.2, 0.25) is 0 Å². The minimum atomic E-state index is -1.01. The molecular formula is C22H22F2N4O3. The number of halogens is 2. The van der Waals surface area contributed by atoms with E-state index < -0.39 is 17.6 Å². The number of rotatable bonds is 3. The van der Waals surface area contributed by atoms with E-state index in [0.717, 1.165) is 25.3 Å². The number of hydrogen-bond donors (Lipinski definition) is 1. The number of aromatic hydroxyl groups is 1. The molecule has 0 radical (unpaired) electrons. The molecule has 0 spiro atoms. The third-order valence-electron chi connectivity index (χ3n) is 6.74. The van der Waals surface area contributed by atoms with Gasteiger partial charge in [-0.25, -0.2) is 4.39 Å². The van der Waals surface area contributed by atoms with Crippen LogP contribution in [0.3, 0.4) is 0 Å². The highest BCUT2D eigenvalue weighted by Crippen LogP contribution is 2.39. The van der Waals surface area contributed by atoms with E-state index in [9.17, 15) is 14.3 Å². The van der Waals surface area contributed by atoms with Crippen LogP contribution in [0.4, 0.5) is 14.6 Å². The van der Waals surface area contributed by atoms with Crippen molar-refractivity contribution in [3.05, 3.63) is 46.6 Å². The molecule has 3 aromatic rings. The van der Waals surface area contributed by atoms with Crippen molar-refractivity contribution in [3.8, 4) is 17.0 Å². The number of anilines is 1. The average molecular weight is 428 g/mol. The van der Waals surface area contributed by atoms with E-state index in [1.807, 2.05) is 19.0 Å². The highest BCUT2D eigenvalue weighted by atomic mass is 19.1. The molecule has 162 valence electrons. The van der Waals surface area contributed by atoms with Gasteiger partial charge in [0.25, 0.3) is 6.01 Å². The monoisotopic (exact) mass is 428 g/mol. The minimum Gasteiger partial charge on any atom is -0.507 e. The number of hydrogen-bond acceptors (Lipinski definition) is 7. The molecule has 7 nitrogen and oxygen atoms in total. The lowest BCUT2D eigenvalue weighted by Gasteiger charge is -2.43. The maximum atomic E-state index is 15.1. The van der Waals surface area contributed by atoms with Crippen molar-refractivity contribution in [2.24, 2.45) is 0 Å². The average Bonchev–Trinajstić information content (AvgIpc) is 3.01. The van der Waals surface area contributed by atoms with Gasteiger partial charge in [0, 0.05) is 24.7 Å². The van der Waals surface area contributed by atoms with Crippen LogP contribution < -0.4 is 10.3 Å². The molecule has 2 bridgehead atoms. The first-order valence-electron chi connectivity index (χ1n) is 10.2. The number of piperidine rings is 1. The van der Waals surface area contributed by atoms with E-state index >= 15 is 4.39 Å². The molecule has 9 heteroatoms. The number of fused-ring (bicyclic) bond motifs is 3. The lowest BCUT2D eigenvalue weighted by Crippen LogP contribution is -2.56. The molecule has 0 saturated carbocycles. The van der Waals surface area contributed by atoms with Crippen molar-refractivity contribution in [1.29, 1.82) is 0 Å². The van der Waals surface area contributed by atoms with Crippen LogP contribution in [0.25, 0.3) is 22.2 Å². The van der Waals surface area contributed by atoms with Crippen LogP contribution in [0, 0.1) is 6.01 Å². The fourth-order valence-corrected chi connectivity index (χ4v) is 4.94. The van der Waals surface area contributed by atoms with E-state index in [4.69, 9.17) is 4.42 Å². The molecular weight excluding hydrogens is 406 g/mol. The van der Waals surface area contributed by atoms with Crippen LogP contribution in [0.1, 0.15) is 19.3 Å². The van der Waals surface area contributed by atoms with E-state index in [-0.39, 0.29) is 34.4 Å². The SMILES string of the molecule is CN1C2CCC1[C@@H](F)[C@@H](N(C)c1ccc(-c3cc4oc(F)cc(=O)c4cc3O)nn1)C2. The zero-order chi connectivity index (χ0) is 21.9. The smallest absolute Gasteiger partial charge is 0.282 e. The molecule has 2 unspecified atom stereocenters. The quantitative estimate of drug-likeness (QED) is 0.686. The molecule has 1 N–H and O–H groups in total. The van der Waals surface area contributed by atoms with Crippen molar-refractivity contribution in [3.63, 3.8) is 0 Å². The van der Waals surface area contributed by atoms with Gasteiger partial charge >= 0.3 is 0 Å². The molecule has 4 atom stereocenters. The topological polar surface area (TPSA) is 82.7 Å². The Hall–Kier alpha value is -3.07. The van der Waals surface area contributed by atoms with E-state index in [0.29, 0.717) is 17.6 Å². The predicted octanol–water partition coefficient (Wildman–Crippen LogP) is 3.10. The van der Waals surface area contributed by atoms with Gasteiger partial charge in [-0.2, -0.15) is 4.39 Å². The first-order chi connectivity index (χ1) is 14.8. The zero-order valence-corrected chi connectivity index (χ0v) is 17.1. The number of alkyl halides is 1. The standard InChI is InChI=1S/C22H22F2N4O3/c1-27-11-3-5-15(27)22(24)16(7-11)28(2)21-6-4-14(25-26-21)12-9-19-13(8-17(12)29)18(30)10-20(23)31-19/h4,6,8-11,15-16,22,29H,3,5,7H2,1-2H3/t11?,15?,16-,22+/m0/s1. The van der Waals surface area contributed by atoms with Crippen LogP contribution in [-0.4, -0.2) is 58.6 Å². The van der Waals surface area contributed by atoms with Crippen molar-refractivity contribution in [2.75, 3.05) is 19.0 Å². The lowest BCUT2D eigenvalue weighted by atomic mass is 9.95. The Balaban J connectivity index is 1.44. The molecule has 2 aliphatic heterocycles. The number of nitrogens with zero attached hydrogens (tertiary/aromatic N) is 4. The van der Waals surface area contributed by atoms with Gasteiger partial charge < -0.3 is 14.4 Å².